The van der Waals surface area contributed by atoms with Crippen molar-refractivity contribution >= 4 is 5.91 Å². The molecule has 118 valence electrons. The minimum Gasteiger partial charge on any atom is -0.497 e. The second-order valence-corrected chi connectivity index (χ2v) is 4.51. The number of nitrogens with zero attached hydrogens (tertiary/aromatic N) is 2. The fourth-order valence-corrected chi connectivity index (χ4v) is 2.07. The average Bonchev–Trinajstić information content (AvgIpc) is 3.08. The predicted molar refractivity (Wildman–Crippen MR) is 77.9 cm³/mol. The van der Waals surface area contributed by atoms with Gasteiger partial charge in [-0.3, -0.25) is 4.79 Å². The van der Waals surface area contributed by atoms with Gasteiger partial charge in [0.15, 0.2) is 5.69 Å². The Morgan fingerprint density at radius 2 is 2.14 bits per heavy atom. The number of aromatic nitrogens is 1. The number of hydrogen-bond donors (Lipinski definition) is 1. The number of benzene rings is 1. The summed E-state index contributed by atoms with van der Waals surface area (Å²) in [6, 6.07) is 6.82. The van der Waals surface area contributed by atoms with E-state index in [1.807, 2.05) is 0 Å². The van der Waals surface area contributed by atoms with Crippen LogP contribution in [0.2, 0.25) is 0 Å². The predicted octanol–water partition coefficient (Wildman–Crippen LogP) is 1.33. The normalized spacial score (nSPS) is 10.3. The van der Waals surface area contributed by atoms with Gasteiger partial charge in [-0.2, -0.15) is 0 Å². The molecular formula is C15H18N2O5. The molecule has 22 heavy (non-hydrogen) atoms. The van der Waals surface area contributed by atoms with Gasteiger partial charge in [-0.25, -0.2) is 0 Å². The van der Waals surface area contributed by atoms with Crippen molar-refractivity contribution in [1.29, 1.82) is 0 Å². The van der Waals surface area contributed by atoms with Gasteiger partial charge < -0.3 is 24.0 Å². The lowest BCUT2D eigenvalue weighted by Gasteiger charge is -2.22. The molecule has 0 saturated heterocycles. The van der Waals surface area contributed by atoms with Crippen molar-refractivity contribution in [2.45, 2.75) is 6.54 Å². The molecular weight excluding hydrogens is 288 g/mol. The molecule has 1 aromatic heterocycles. The zero-order valence-electron chi connectivity index (χ0n) is 12.5. The van der Waals surface area contributed by atoms with Crippen molar-refractivity contribution < 1.29 is 23.9 Å². The maximum Gasteiger partial charge on any atom is 0.276 e. The highest BCUT2D eigenvalue weighted by molar-refractivity contribution is 5.92. The van der Waals surface area contributed by atoms with Gasteiger partial charge in [0.2, 0.25) is 0 Å². The standard InChI is InChI=1S/C15H18N2O5/c1-20-12-3-4-14(21-2)11(9-12)10-17(6-7-18)15(19)13-5-8-22-16-13/h3-5,8-9,18H,6-7,10H2,1-2H3. The Kier molecular flexibility index (Phi) is 5.37. The summed E-state index contributed by atoms with van der Waals surface area (Å²) in [7, 11) is 3.12. The quantitative estimate of drug-likeness (QED) is 0.830. The number of methoxy groups -OCH3 is 2. The zero-order chi connectivity index (χ0) is 15.9. The summed E-state index contributed by atoms with van der Waals surface area (Å²) in [5.41, 5.74) is 0.961. The van der Waals surface area contributed by atoms with E-state index in [1.54, 1.807) is 32.4 Å². The molecule has 1 N–H and O–H groups in total. The topological polar surface area (TPSA) is 85.0 Å². The first kappa shape index (κ1) is 15.8. The third kappa shape index (κ3) is 3.56. The molecule has 0 aliphatic rings. The molecule has 0 aliphatic carbocycles. The molecule has 0 spiro atoms. The van der Waals surface area contributed by atoms with Crippen LogP contribution < -0.4 is 9.47 Å². The number of amides is 1. The number of carbonyl (C=O) groups is 1. The largest absolute Gasteiger partial charge is 0.497 e. The highest BCUT2D eigenvalue weighted by atomic mass is 16.5. The Morgan fingerprint density at radius 1 is 1.32 bits per heavy atom. The Hall–Kier alpha value is -2.54. The van der Waals surface area contributed by atoms with Crippen LogP contribution in [0.15, 0.2) is 35.1 Å². The van der Waals surface area contributed by atoms with Gasteiger partial charge in [-0.1, -0.05) is 5.16 Å². The van der Waals surface area contributed by atoms with Crippen LogP contribution in [0.1, 0.15) is 16.1 Å². The van der Waals surface area contributed by atoms with Gasteiger partial charge in [-0.15, -0.1) is 0 Å². The van der Waals surface area contributed by atoms with Crippen LogP contribution in [-0.4, -0.2) is 48.4 Å². The van der Waals surface area contributed by atoms with Crippen LogP contribution >= 0.6 is 0 Å². The fraction of sp³-hybridized carbons (Fsp3) is 0.333. The summed E-state index contributed by atoms with van der Waals surface area (Å²) < 4.78 is 15.2. The van der Waals surface area contributed by atoms with Crippen LogP contribution in [0.3, 0.4) is 0 Å². The van der Waals surface area contributed by atoms with E-state index in [0.29, 0.717) is 11.5 Å². The maximum atomic E-state index is 12.4. The summed E-state index contributed by atoms with van der Waals surface area (Å²) in [5.74, 6) is 0.970. The molecule has 7 heteroatoms. The van der Waals surface area contributed by atoms with Crippen molar-refractivity contribution in [3.63, 3.8) is 0 Å². The summed E-state index contributed by atoms with van der Waals surface area (Å²) in [6.45, 7) is 0.272. The van der Waals surface area contributed by atoms with Crippen LogP contribution in [0.4, 0.5) is 0 Å². The van der Waals surface area contributed by atoms with Gasteiger partial charge in [-0.05, 0) is 18.2 Å². The average molecular weight is 306 g/mol. The van der Waals surface area contributed by atoms with Crippen LogP contribution in [0, 0.1) is 0 Å². The molecule has 1 heterocycles. The lowest BCUT2D eigenvalue weighted by Crippen LogP contribution is -2.33. The fourth-order valence-electron chi connectivity index (χ4n) is 2.07. The molecule has 1 aromatic carbocycles. The SMILES string of the molecule is COc1ccc(OC)c(CN(CCO)C(=O)c2ccon2)c1. The zero-order valence-corrected chi connectivity index (χ0v) is 12.5. The second-order valence-electron chi connectivity index (χ2n) is 4.51. The lowest BCUT2D eigenvalue weighted by molar-refractivity contribution is 0.0696. The lowest BCUT2D eigenvalue weighted by atomic mass is 10.1. The van der Waals surface area contributed by atoms with E-state index < -0.39 is 0 Å². The molecule has 0 radical (unpaired) electrons. The number of rotatable bonds is 7. The molecule has 0 bridgehead atoms. The first-order valence-corrected chi connectivity index (χ1v) is 6.71. The molecule has 7 nitrogen and oxygen atoms in total. The third-order valence-corrected chi connectivity index (χ3v) is 3.16. The first-order chi connectivity index (χ1) is 10.7. The molecule has 0 fully saturated rings. The Bertz CT molecular complexity index is 612. The maximum absolute atomic E-state index is 12.4. The van der Waals surface area contributed by atoms with E-state index in [1.165, 1.54) is 17.2 Å². The molecule has 2 rings (SSSR count). The van der Waals surface area contributed by atoms with Crippen molar-refractivity contribution in [1.82, 2.24) is 10.1 Å². The number of hydrogen-bond acceptors (Lipinski definition) is 6. The van der Waals surface area contributed by atoms with E-state index in [-0.39, 0.29) is 31.3 Å². The van der Waals surface area contributed by atoms with E-state index in [2.05, 4.69) is 5.16 Å². The number of ether oxygens (including phenoxy) is 2. The Morgan fingerprint density at radius 3 is 2.73 bits per heavy atom. The third-order valence-electron chi connectivity index (χ3n) is 3.16. The molecule has 0 unspecified atom stereocenters. The minimum atomic E-state index is -0.326. The monoisotopic (exact) mass is 306 g/mol. The van der Waals surface area contributed by atoms with E-state index in [9.17, 15) is 9.90 Å². The molecule has 2 aromatic rings. The number of carbonyl (C=O) groups excluding carboxylic acids is 1. The van der Waals surface area contributed by atoms with Crippen molar-refractivity contribution in [2.75, 3.05) is 27.4 Å². The Labute approximate surface area is 128 Å². The van der Waals surface area contributed by atoms with Crippen LogP contribution in [-0.2, 0) is 6.54 Å². The second kappa shape index (κ2) is 7.46. The van der Waals surface area contributed by atoms with Crippen molar-refractivity contribution in [2.24, 2.45) is 0 Å². The van der Waals surface area contributed by atoms with E-state index >= 15 is 0 Å². The van der Waals surface area contributed by atoms with Crippen LogP contribution in [0.5, 0.6) is 11.5 Å². The van der Waals surface area contributed by atoms with Gasteiger partial charge in [0.25, 0.3) is 5.91 Å². The minimum absolute atomic E-state index is 0.157. The highest BCUT2D eigenvalue weighted by Crippen LogP contribution is 2.25. The smallest absolute Gasteiger partial charge is 0.276 e. The van der Waals surface area contributed by atoms with Crippen molar-refractivity contribution in [3.05, 3.63) is 41.8 Å². The summed E-state index contributed by atoms with van der Waals surface area (Å²) in [6.07, 6.45) is 1.33. The molecule has 0 atom stereocenters. The van der Waals surface area contributed by atoms with E-state index in [4.69, 9.17) is 14.0 Å². The van der Waals surface area contributed by atoms with Gasteiger partial charge in [0.1, 0.15) is 17.8 Å². The highest BCUT2D eigenvalue weighted by Gasteiger charge is 2.20. The molecule has 0 saturated carbocycles. The van der Waals surface area contributed by atoms with Gasteiger partial charge >= 0.3 is 0 Å². The molecule has 1 amide bonds. The molecule has 0 aliphatic heterocycles. The van der Waals surface area contributed by atoms with Crippen molar-refractivity contribution in [3.8, 4) is 11.5 Å². The summed E-state index contributed by atoms with van der Waals surface area (Å²) in [4.78, 5) is 13.8. The first-order valence-electron chi connectivity index (χ1n) is 6.71. The number of aliphatic hydroxyl groups excluding tert-OH is 1. The Balaban J connectivity index is 2.25. The van der Waals surface area contributed by atoms with Gasteiger partial charge in [0, 0.05) is 24.7 Å². The number of aliphatic hydroxyl groups is 1. The van der Waals surface area contributed by atoms with E-state index in [0.717, 1.165) is 5.56 Å². The summed E-state index contributed by atoms with van der Waals surface area (Å²) >= 11 is 0. The van der Waals surface area contributed by atoms with Crippen LogP contribution in [0.25, 0.3) is 0 Å². The summed E-state index contributed by atoms with van der Waals surface area (Å²) in [5, 5.41) is 12.8. The van der Waals surface area contributed by atoms with Gasteiger partial charge in [0.05, 0.1) is 20.8 Å².